The zero-order valence-electron chi connectivity index (χ0n) is 10.6. The smallest absolute Gasteiger partial charge is 0.224 e. The molecule has 1 aromatic rings. The van der Waals surface area contributed by atoms with Crippen molar-refractivity contribution >= 4 is 19.9 Å². The molecule has 0 saturated carbocycles. The molecule has 0 bridgehead atoms. The van der Waals surface area contributed by atoms with Crippen molar-refractivity contribution in [3.63, 3.8) is 0 Å². The van der Waals surface area contributed by atoms with Crippen LogP contribution in [-0.2, 0) is 19.9 Å². The van der Waals surface area contributed by atoms with Crippen LogP contribution in [0.2, 0.25) is 0 Å². The summed E-state index contributed by atoms with van der Waals surface area (Å²) in [4.78, 5) is -0.0192. The molecule has 1 aromatic carbocycles. The van der Waals surface area contributed by atoms with Crippen molar-refractivity contribution in [2.75, 3.05) is 5.75 Å². The molecule has 0 saturated heterocycles. The van der Waals surface area contributed by atoms with Gasteiger partial charge in [-0.15, -0.1) is 0 Å². The predicted molar refractivity (Wildman–Crippen MR) is 72.9 cm³/mol. The van der Waals surface area contributed by atoms with E-state index < -0.39 is 25.9 Å². The predicted octanol–water partition coefficient (Wildman–Crippen LogP) is 0.456. The van der Waals surface area contributed by atoms with Gasteiger partial charge >= 0.3 is 0 Å². The minimum Gasteiger partial charge on any atom is -0.224 e. The Balaban J connectivity index is 2.33. The molecule has 0 aromatic heterocycles. The highest BCUT2D eigenvalue weighted by Gasteiger charge is 2.27. The van der Waals surface area contributed by atoms with Gasteiger partial charge in [0, 0.05) is 5.41 Å². The molecule has 1 heterocycles. The minimum absolute atomic E-state index is 0.0192. The summed E-state index contributed by atoms with van der Waals surface area (Å²) >= 11 is 0. The van der Waals surface area contributed by atoms with E-state index >= 15 is 0 Å². The van der Waals surface area contributed by atoms with E-state index in [1.54, 1.807) is 6.92 Å². The number of nitrogens with zero attached hydrogens (tertiary/aromatic N) is 1. The Morgan fingerprint density at radius 1 is 1.40 bits per heavy atom. The Morgan fingerprint density at radius 3 is 2.65 bits per heavy atom. The first-order valence-corrected chi connectivity index (χ1v) is 8.87. The van der Waals surface area contributed by atoms with Crippen molar-refractivity contribution < 1.29 is 16.8 Å². The molecule has 1 N–H and O–H groups in total. The fraction of sp³-hybridized carbons (Fsp3) is 0.250. The van der Waals surface area contributed by atoms with E-state index in [1.807, 2.05) is 6.07 Å². The zero-order valence-corrected chi connectivity index (χ0v) is 12.2. The molecule has 2 rings (SSSR count). The van der Waals surface area contributed by atoms with Gasteiger partial charge in [-0.25, -0.2) is 21.6 Å². The number of nitrogens with one attached hydrogen (secondary N) is 1. The Labute approximate surface area is 117 Å². The lowest BCUT2D eigenvalue weighted by molar-refractivity contribution is 0.574. The molecule has 1 aliphatic heterocycles. The highest BCUT2D eigenvalue weighted by atomic mass is 32.2. The lowest BCUT2D eigenvalue weighted by Crippen LogP contribution is -2.35. The average molecular weight is 312 g/mol. The first-order chi connectivity index (χ1) is 9.23. The third kappa shape index (κ3) is 3.07. The van der Waals surface area contributed by atoms with Crippen LogP contribution >= 0.6 is 0 Å². The number of aryl methyl sites for hydroxylation is 1. The number of sulfonamides is 1. The van der Waals surface area contributed by atoms with Crippen LogP contribution in [0.3, 0.4) is 0 Å². The number of benzene rings is 1. The molecule has 0 spiro atoms. The summed E-state index contributed by atoms with van der Waals surface area (Å²) in [7, 11) is -7.21. The van der Waals surface area contributed by atoms with E-state index in [9.17, 15) is 16.8 Å². The molecule has 1 atom stereocenters. The maximum absolute atomic E-state index is 12.2. The third-order valence-electron chi connectivity index (χ3n) is 2.84. The monoisotopic (exact) mass is 312 g/mol. The lowest BCUT2D eigenvalue weighted by Gasteiger charge is -2.12. The summed E-state index contributed by atoms with van der Waals surface area (Å²) in [5.41, 5.74) is 0.715. The second-order valence-electron chi connectivity index (χ2n) is 4.48. The maximum Gasteiger partial charge on any atom is 0.241 e. The van der Waals surface area contributed by atoms with Gasteiger partial charge in [0.15, 0.2) is 9.84 Å². The summed E-state index contributed by atoms with van der Waals surface area (Å²) < 4.78 is 49.3. The van der Waals surface area contributed by atoms with Gasteiger partial charge in [-0.05, 0) is 24.6 Å². The zero-order chi connectivity index (χ0) is 15.0. The van der Waals surface area contributed by atoms with Crippen LogP contribution < -0.4 is 4.72 Å². The summed E-state index contributed by atoms with van der Waals surface area (Å²) in [5.74, 6) is -0.288. The second kappa shape index (κ2) is 5.01. The molecule has 106 valence electrons. The standard InChI is InChI=1S/C12H12N2O4S2/c1-9-2-3-10(7-13)6-12(9)20(17,18)14-11-4-5-19(15,16)8-11/h2-6,11,14H,8H2,1H3. The fourth-order valence-corrected chi connectivity index (χ4v) is 4.67. The van der Waals surface area contributed by atoms with Crippen molar-refractivity contribution in [1.82, 2.24) is 4.72 Å². The van der Waals surface area contributed by atoms with Gasteiger partial charge in [-0.3, -0.25) is 0 Å². The molecule has 0 fully saturated rings. The molecule has 1 aliphatic rings. The van der Waals surface area contributed by atoms with Gasteiger partial charge in [-0.2, -0.15) is 5.26 Å². The molecular weight excluding hydrogens is 300 g/mol. The summed E-state index contributed by atoms with van der Waals surface area (Å²) in [5, 5.41) is 9.81. The largest absolute Gasteiger partial charge is 0.241 e. The SMILES string of the molecule is Cc1ccc(C#N)cc1S(=O)(=O)NC1C=CS(=O)(=O)C1. The molecule has 6 nitrogen and oxygen atoms in total. The molecular formula is C12H12N2O4S2. The average Bonchev–Trinajstić information content (AvgIpc) is 2.68. The van der Waals surface area contributed by atoms with E-state index in [0.29, 0.717) is 5.56 Å². The van der Waals surface area contributed by atoms with Crippen molar-refractivity contribution in [3.8, 4) is 6.07 Å². The number of nitriles is 1. The Morgan fingerprint density at radius 2 is 2.10 bits per heavy atom. The van der Waals surface area contributed by atoms with Crippen molar-refractivity contribution in [2.24, 2.45) is 0 Å². The van der Waals surface area contributed by atoms with E-state index in [-0.39, 0.29) is 16.2 Å². The summed E-state index contributed by atoms with van der Waals surface area (Å²) in [6, 6.07) is 5.42. The normalized spacial score (nSPS) is 20.7. The van der Waals surface area contributed by atoms with Crippen LogP contribution in [0, 0.1) is 18.3 Å². The van der Waals surface area contributed by atoms with Crippen molar-refractivity contribution in [1.29, 1.82) is 5.26 Å². The molecule has 0 amide bonds. The number of hydrogen-bond acceptors (Lipinski definition) is 5. The molecule has 1 unspecified atom stereocenters. The third-order valence-corrected chi connectivity index (χ3v) is 5.87. The molecule has 0 aliphatic carbocycles. The van der Waals surface area contributed by atoms with Crippen molar-refractivity contribution in [3.05, 3.63) is 40.8 Å². The highest BCUT2D eigenvalue weighted by molar-refractivity contribution is 7.94. The Kier molecular flexibility index (Phi) is 3.69. The number of sulfone groups is 1. The van der Waals surface area contributed by atoms with Crippen LogP contribution in [0.1, 0.15) is 11.1 Å². The van der Waals surface area contributed by atoms with Gasteiger partial charge in [0.25, 0.3) is 0 Å². The number of hydrogen-bond donors (Lipinski definition) is 1. The van der Waals surface area contributed by atoms with Crippen molar-refractivity contribution in [2.45, 2.75) is 17.9 Å². The lowest BCUT2D eigenvalue weighted by atomic mass is 10.2. The van der Waals surface area contributed by atoms with Crippen LogP contribution in [-0.4, -0.2) is 28.6 Å². The molecule has 8 heteroatoms. The van der Waals surface area contributed by atoms with Crippen LogP contribution in [0.25, 0.3) is 0 Å². The summed E-state index contributed by atoms with van der Waals surface area (Å²) in [6.45, 7) is 1.61. The van der Waals surface area contributed by atoms with E-state index in [1.165, 1.54) is 24.3 Å². The van der Waals surface area contributed by atoms with Gasteiger partial charge in [-0.1, -0.05) is 12.1 Å². The maximum atomic E-state index is 12.2. The molecule has 20 heavy (non-hydrogen) atoms. The Hall–Kier alpha value is -1.69. The first kappa shape index (κ1) is 14.7. The number of rotatable bonds is 3. The van der Waals surface area contributed by atoms with Crippen LogP contribution in [0.4, 0.5) is 0 Å². The molecule has 0 radical (unpaired) electrons. The first-order valence-electron chi connectivity index (χ1n) is 5.67. The summed E-state index contributed by atoms with van der Waals surface area (Å²) in [6.07, 6.45) is 1.30. The highest BCUT2D eigenvalue weighted by Crippen LogP contribution is 2.18. The van der Waals surface area contributed by atoms with E-state index in [2.05, 4.69) is 4.72 Å². The van der Waals surface area contributed by atoms with E-state index in [0.717, 1.165) is 5.41 Å². The second-order valence-corrected chi connectivity index (χ2v) is 8.09. The van der Waals surface area contributed by atoms with Gasteiger partial charge in [0.2, 0.25) is 10.0 Å². The van der Waals surface area contributed by atoms with Crippen LogP contribution in [0.15, 0.2) is 34.6 Å². The minimum atomic E-state index is -3.87. The van der Waals surface area contributed by atoms with Gasteiger partial charge in [0.05, 0.1) is 28.3 Å². The quantitative estimate of drug-likeness (QED) is 0.873. The van der Waals surface area contributed by atoms with Gasteiger partial charge < -0.3 is 0 Å². The fourth-order valence-electron chi connectivity index (χ4n) is 1.87. The van der Waals surface area contributed by atoms with Gasteiger partial charge in [0.1, 0.15) is 0 Å². The van der Waals surface area contributed by atoms with Crippen LogP contribution in [0.5, 0.6) is 0 Å². The topological polar surface area (TPSA) is 104 Å². The Bertz CT molecular complexity index is 818. The van der Waals surface area contributed by atoms with E-state index in [4.69, 9.17) is 5.26 Å².